The monoisotopic (exact) mass is 284 g/mol. The second kappa shape index (κ2) is 4.50. The second-order valence-corrected chi connectivity index (χ2v) is 4.81. The molecule has 0 amide bonds. The Hall–Kier alpha value is -0.600. The van der Waals surface area contributed by atoms with Crippen molar-refractivity contribution in [2.75, 3.05) is 0 Å². The van der Waals surface area contributed by atoms with Crippen LogP contribution in [-0.4, -0.2) is 5.78 Å². The van der Waals surface area contributed by atoms with Gasteiger partial charge in [0.1, 0.15) is 0 Å². The number of carbonyl (C=O) groups is 1. The van der Waals surface area contributed by atoms with Crippen molar-refractivity contribution in [3.63, 3.8) is 0 Å². The van der Waals surface area contributed by atoms with Crippen molar-refractivity contribution in [2.45, 2.75) is 19.3 Å². The number of Topliss-reactive ketones (excluding diaryl/α,β-unsaturated/α-hetero) is 1. The molecule has 2 rings (SSSR count). The molecule has 0 fully saturated rings. The molecule has 1 aromatic carbocycles. The van der Waals surface area contributed by atoms with Gasteiger partial charge in [-0.2, -0.15) is 0 Å². The van der Waals surface area contributed by atoms with E-state index in [-0.39, 0.29) is 5.78 Å². The number of hydrogen-bond donors (Lipinski definition) is 0. The highest BCUT2D eigenvalue weighted by atomic mass is 79.9. The highest BCUT2D eigenvalue weighted by molar-refractivity contribution is 9.10. The van der Waals surface area contributed by atoms with Gasteiger partial charge >= 0.3 is 0 Å². The maximum atomic E-state index is 12.1. The topological polar surface area (TPSA) is 17.1 Å². The minimum Gasteiger partial charge on any atom is -0.289 e. The third-order valence-corrected chi connectivity index (χ3v) is 3.50. The highest BCUT2D eigenvalue weighted by Gasteiger charge is 2.19. The molecular weight excluding hydrogens is 275 g/mol. The van der Waals surface area contributed by atoms with Gasteiger partial charge in [0.25, 0.3) is 0 Å². The highest BCUT2D eigenvalue weighted by Crippen LogP contribution is 2.30. The number of hydrogen-bond acceptors (Lipinski definition) is 1. The van der Waals surface area contributed by atoms with Gasteiger partial charge in [-0.05, 0) is 52.9 Å². The van der Waals surface area contributed by atoms with Crippen molar-refractivity contribution in [1.82, 2.24) is 0 Å². The molecule has 0 spiro atoms. The van der Waals surface area contributed by atoms with Gasteiger partial charge in [-0.15, -0.1) is 0 Å². The Morgan fingerprint density at radius 1 is 1.40 bits per heavy atom. The fraction of sp³-hybridized carbons (Fsp3) is 0.250. The Kier molecular flexibility index (Phi) is 3.27. The van der Waals surface area contributed by atoms with Crippen LogP contribution in [0.4, 0.5) is 0 Å². The van der Waals surface area contributed by atoms with E-state index in [9.17, 15) is 4.79 Å². The molecule has 3 heteroatoms. The summed E-state index contributed by atoms with van der Waals surface area (Å²) in [5, 5.41) is 0.516. The van der Waals surface area contributed by atoms with Crippen LogP contribution in [0, 0.1) is 0 Å². The lowest BCUT2D eigenvalue weighted by molar-refractivity contribution is 0.103. The van der Waals surface area contributed by atoms with E-state index >= 15 is 0 Å². The molecule has 1 aliphatic carbocycles. The third-order valence-electron chi connectivity index (χ3n) is 2.52. The third kappa shape index (κ3) is 2.16. The van der Waals surface area contributed by atoms with Crippen LogP contribution in [0.5, 0.6) is 0 Å². The van der Waals surface area contributed by atoms with E-state index in [1.54, 1.807) is 6.07 Å². The van der Waals surface area contributed by atoms with Gasteiger partial charge in [0.15, 0.2) is 5.78 Å². The molecule has 0 heterocycles. The number of carbonyl (C=O) groups excluding carboxylic acids is 1. The normalized spacial score (nSPS) is 15.2. The summed E-state index contributed by atoms with van der Waals surface area (Å²) in [7, 11) is 0. The summed E-state index contributed by atoms with van der Waals surface area (Å²) >= 11 is 9.39. The van der Waals surface area contributed by atoms with Crippen LogP contribution in [0.3, 0.4) is 0 Å². The van der Waals surface area contributed by atoms with Gasteiger partial charge in [-0.3, -0.25) is 4.79 Å². The number of benzene rings is 1. The molecule has 0 saturated heterocycles. The lowest BCUT2D eigenvalue weighted by Gasteiger charge is -2.06. The summed E-state index contributed by atoms with van der Waals surface area (Å²) in [4.78, 5) is 12.1. The van der Waals surface area contributed by atoms with E-state index < -0.39 is 0 Å². The van der Waals surface area contributed by atoms with Gasteiger partial charge in [-0.25, -0.2) is 0 Å². The predicted octanol–water partition coefficient (Wildman–Crippen LogP) is 4.40. The van der Waals surface area contributed by atoms with E-state index in [0.717, 1.165) is 29.3 Å². The zero-order valence-corrected chi connectivity index (χ0v) is 10.4. The fourth-order valence-corrected chi connectivity index (χ4v) is 2.67. The van der Waals surface area contributed by atoms with Gasteiger partial charge < -0.3 is 0 Å². The molecule has 0 atom stereocenters. The smallest absolute Gasteiger partial charge is 0.191 e. The fourth-order valence-electron chi connectivity index (χ4n) is 1.75. The van der Waals surface area contributed by atoms with Crippen LogP contribution in [0.2, 0.25) is 5.02 Å². The molecule has 1 nitrogen and oxygen atoms in total. The lowest BCUT2D eigenvalue weighted by Crippen LogP contribution is -2.03. The van der Waals surface area contributed by atoms with Crippen LogP contribution in [0.25, 0.3) is 0 Å². The Labute approximate surface area is 102 Å². The Balaban J connectivity index is 2.41. The van der Waals surface area contributed by atoms with Crippen LogP contribution >= 0.6 is 27.5 Å². The molecule has 0 radical (unpaired) electrons. The lowest BCUT2D eigenvalue weighted by atomic mass is 10.0. The molecule has 0 bridgehead atoms. The average Bonchev–Trinajstić information content (AvgIpc) is 2.69. The first kappa shape index (κ1) is 10.9. The van der Waals surface area contributed by atoms with E-state index in [1.807, 2.05) is 18.2 Å². The molecule has 0 aromatic heterocycles. The van der Waals surface area contributed by atoms with Crippen LogP contribution in [0.1, 0.15) is 29.6 Å². The van der Waals surface area contributed by atoms with Gasteiger partial charge in [0, 0.05) is 4.47 Å². The summed E-state index contributed by atoms with van der Waals surface area (Å²) in [6.45, 7) is 0. The van der Waals surface area contributed by atoms with E-state index in [0.29, 0.717) is 10.6 Å². The standard InChI is InChI=1S/C12H10BrClO/c13-9-6-3-7-10(14)11(9)12(15)8-4-1-2-5-8/h3-4,6-7H,1-2,5H2. The summed E-state index contributed by atoms with van der Waals surface area (Å²) in [6.07, 6.45) is 4.96. The maximum Gasteiger partial charge on any atom is 0.191 e. The van der Waals surface area contributed by atoms with Crippen molar-refractivity contribution in [2.24, 2.45) is 0 Å². The minimum absolute atomic E-state index is 0.0602. The van der Waals surface area contributed by atoms with E-state index in [2.05, 4.69) is 15.9 Å². The molecule has 0 N–H and O–H groups in total. The zero-order chi connectivity index (χ0) is 10.8. The quantitative estimate of drug-likeness (QED) is 0.736. The van der Waals surface area contributed by atoms with E-state index in [4.69, 9.17) is 11.6 Å². The van der Waals surface area contributed by atoms with Crippen molar-refractivity contribution in [3.8, 4) is 0 Å². The first-order valence-corrected chi connectivity index (χ1v) is 6.05. The first-order chi connectivity index (χ1) is 7.20. The minimum atomic E-state index is 0.0602. The van der Waals surface area contributed by atoms with Crippen LogP contribution < -0.4 is 0 Å². The SMILES string of the molecule is O=C(C1=CCCC1)c1c(Cl)cccc1Br. The van der Waals surface area contributed by atoms with Crippen molar-refractivity contribution in [3.05, 3.63) is 44.9 Å². The molecule has 78 valence electrons. The summed E-state index contributed by atoms with van der Waals surface area (Å²) < 4.78 is 0.771. The summed E-state index contributed by atoms with van der Waals surface area (Å²) in [5.74, 6) is 0.0602. The maximum absolute atomic E-state index is 12.1. The molecule has 0 saturated carbocycles. The van der Waals surface area contributed by atoms with Crippen LogP contribution in [-0.2, 0) is 0 Å². The van der Waals surface area contributed by atoms with E-state index in [1.165, 1.54) is 0 Å². The average molecular weight is 286 g/mol. The Morgan fingerprint density at radius 2 is 2.20 bits per heavy atom. The number of rotatable bonds is 2. The second-order valence-electron chi connectivity index (χ2n) is 3.55. The predicted molar refractivity (Wildman–Crippen MR) is 65.4 cm³/mol. The van der Waals surface area contributed by atoms with Gasteiger partial charge in [-0.1, -0.05) is 23.7 Å². The molecule has 0 aliphatic heterocycles. The molecule has 1 aromatic rings. The van der Waals surface area contributed by atoms with Crippen molar-refractivity contribution in [1.29, 1.82) is 0 Å². The molecule has 1 aliphatic rings. The number of ketones is 1. The van der Waals surface area contributed by atoms with Crippen LogP contribution in [0.15, 0.2) is 34.3 Å². The largest absolute Gasteiger partial charge is 0.289 e. The summed E-state index contributed by atoms with van der Waals surface area (Å²) in [6, 6.07) is 5.41. The molecule has 15 heavy (non-hydrogen) atoms. The molecule has 0 unspecified atom stereocenters. The summed E-state index contributed by atoms with van der Waals surface area (Å²) in [5.41, 5.74) is 1.48. The first-order valence-electron chi connectivity index (χ1n) is 4.88. The van der Waals surface area contributed by atoms with Gasteiger partial charge in [0.2, 0.25) is 0 Å². The number of allylic oxidation sites excluding steroid dienone is 2. The number of halogens is 2. The Bertz CT molecular complexity index is 417. The van der Waals surface area contributed by atoms with Gasteiger partial charge in [0.05, 0.1) is 10.6 Å². The molecular formula is C12H10BrClO. The van der Waals surface area contributed by atoms with Crippen molar-refractivity contribution >= 4 is 33.3 Å². The zero-order valence-electron chi connectivity index (χ0n) is 8.09. The Morgan fingerprint density at radius 3 is 2.80 bits per heavy atom. The van der Waals surface area contributed by atoms with Crippen molar-refractivity contribution < 1.29 is 4.79 Å².